The first-order valence-corrected chi connectivity index (χ1v) is 12.3. The van der Waals surface area contributed by atoms with Crippen molar-refractivity contribution in [3.63, 3.8) is 0 Å². The summed E-state index contributed by atoms with van der Waals surface area (Å²) in [4.78, 5) is 18.4. The number of rotatable bonds is 9. The van der Waals surface area contributed by atoms with Crippen LogP contribution < -0.4 is 5.56 Å². The fraction of sp³-hybridized carbons (Fsp3) is 0.286. The summed E-state index contributed by atoms with van der Waals surface area (Å²) >= 11 is 0. The van der Waals surface area contributed by atoms with E-state index >= 15 is 0 Å². The van der Waals surface area contributed by atoms with Crippen LogP contribution in [0.4, 0.5) is 4.39 Å². The van der Waals surface area contributed by atoms with Crippen molar-refractivity contribution < 1.29 is 8.81 Å². The van der Waals surface area contributed by atoms with Crippen LogP contribution >= 0.6 is 0 Å². The molecule has 37 heavy (non-hydrogen) atoms. The molecule has 1 N–H and O–H groups in total. The first-order chi connectivity index (χ1) is 17.9. The Kier molecular flexibility index (Phi) is 6.96. The topological polar surface area (TPSA) is 92.8 Å². The van der Waals surface area contributed by atoms with Gasteiger partial charge in [-0.15, -0.1) is 5.10 Å². The molecule has 3 heterocycles. The Morgan fingerprint density at radius 2 is 1.92 bits per heavy atom. The van der Waals surface area contributed by atoms with Crippen molar-refractivity contribution in [1.82, 2.24) is 30.1 Å². The first-order valence-electron chi connectivity index (χ1n) is 12.3. The zero-order chi connectivity index (χ0) is 25.9. The smallest absolute Gasteiger partial charge is 0.252 e. The minimum atomic E-state index is -0.290. The standard InChI is InChI=1S/C28H29FN6O2/c1-4-25(27-31-32-33-35(27)17-24-6-5-11-37-24)34(15-20-7-9-23(29)10-8-20)16-22-14-21-13-18(2)12-19(3)26(21)30-28(22)36/h5-14,25H,4,15-17H2,1-3H3,(H,30,36)/t25-/m0/s1. The summed E-state index contributed by atoms with van der Waals surface area (Å²) in [5.74, 6) is 1.12. The highest BCUT2D eigenvalue weighted by molar-refractivity contribution is 5.82. The number of halogens is 1. The van der Waals surface area contributed by atoms with Crippen LogP contribution in [-0.2, 0) is 19.6 Å². The highest BCUT2D eigenvalue weighted by Gasteiger charge is 2.26. The van der Waals surface area contributed by atoms with Gasteiger partial charge in [-0.05, 0) is 83.6 Å². The predicted molar refractivity (Wildman–Crippen MR) is 138 cm³/mol. The van der Waals surface area contributed by atoms with Crippen LogP contribution in [0.3, 0.4) is 0 Å². The number of aromatic nitrogens is 5. The van der Waals surface area contributed by atoms with Crippen molar-refractivity contribution in [2.45, 2.75) is 52.9 Å². The number of tetrazole rings is 1. The molecule has 0 spiro atoms. The molecular weight excluding hydrogens is 471 g/mol. The SMILES string of the molecule is CC[C@@H](c1nnnn1Cc1ccco1)N(Cc1ccc(F)cc1)Cc1cc2cc(C)cc(C)c2[nH]c1=O. The molecule has 3 aromatic heterocycles. The van der Waals surface area contributed by atoms with Gasteiger partial charge in [0, 0.05) is 18.7 Å². The lowest BCUT2D eigenvalue weighted by atomic mass is 10.0. The van der Waals surface area contributed by atoms with Gasteiger partial charge in [0.2, 0.25) is 0 Å². The Bertz CT molecular complexity index is 1560. The molecule has 0 saturated carbocycles. The second kappa shape index (κ2) is 10.5. The van der Waals surface area contributed by atoms with Gasteiger partial charge in [0.05, 0.1) is 17.8 Å². The Morgan fingerprint density at radius 1 is 1.11 bits per heavy atom. The fourth-order valence-electron chi connectivity index (χ4n) is 4.89. The van der Waals surface area contributed by atoms with Crippen LogP contribution in [-0.4, -0.2) is 30.1 Å². The molecule has 0 fully saturated rings. The van der Waals surface area contributed by atoms with Gasteiger partial charge >= 0.3 is 0 Å². The number of hydrogen-bond donors (Lipinski definition) is 1. The highest BCUT2D eigenvalue weighted by atomic mass is 19.1. The monoisotopic (exact) mass is 500 g/mol. The van der Waals surface area contributed by atoms with Gasteiger partial charge in [-0.2, -0.15) is 0 Å². The summed E-state index contributed by atoms with van der Waals surface area (Å²) in [6.07, 6.45) is 2.32. The van der Waals surface area contributed by atoms with Crippen molar-refractivity contribution in [3.8, 4) is 0 Å². The van der Waals surface area contributed by atoms with Gasteiger partial charge < -0.3 is 9.40 Å². The van der Waals surface area contributed by atoms with E-state index in [4.69, 9.17) is 4.42 Å². The second-order valence-corrected chi connectivity index (χ2v) is 9.40. The molecule has 190 valence electrons. The van der Waals surface area contributed by atoms with Crippen molar-refractivity contribution in [2.75, 3.05) is 0 Å². The number of nitrogens with zero attached hydrogens (tertiary/aromatic N) is 5. The molecule has 0 saturated heterocycles. The van der Waals surface area contributed by atoms with E-state index in [0.717, 1.165) is 33.4 Å². The van der Waals surface area contributed by atoms with E-state index in [-0.39, 0.29) is 17.4 Å². The van der Waals surface area contributed by atoms with Crippen LogP contribution in [0.5, 0.6) is 0 Å². The molecule has 2 aromatic carbocycles. The lowest BCUT2D eigenvalue weighted by Gasteiger charge is -2.30. The van der Waals surface area contributed by atoms with Crippen LogP contribution in [0.1, 0.15) is 53.2 Å². The normalized spacial score (nSPS) is 12.5. The van der Waals surface area contributed by atoms with Gasteiger partial charge in [0.15, 0.2) is 5.82 Å². The van der Waals surface area contributed by atoms with Gasteiger partial charge in [0.25, 0.3) is 5.56 Å². The minimum Gasteiger partial charge on any atom is -0.467 e. The Labute approximate surface area is 213 Å². The predicted octanol–water partition coefficient (Wildman–Crippen LogP) is 5.07. The third kappa shape index (κ3) is 5.36. The van der Waals surface area contributed by atoms with Crippen LogP contribution in [0, 0.1) is 19.7 Å². The molecule has 0 bridgehead atoms. The van der Waals surface area contributed by atoms with Crippen LogP contribution in [0.2, 0.25) is 0 Å². The van der Waals surface area contributed by atoms with Gasteiger partial charge in [0.1, 0.15) is 18.1 Å². The number of H-pyrrole nitrogens is 1. The molecule has 8 nitrogen and oxygen atoms in total. The molecule has 5 aromatic rings. The third-order valence-corrected chi connectivity index (χ3v) is 6.61. The summed E-state index contributed by atoms with van der Waals surface area (Å²) in [7, 11) is 0. The number of nitrogens with one attached hydrogen (secondary N) is 1. The minimum absolute atomic E-state index is 0.131. The maximum Gasteiger partial charge on any atom is 0.252 e. The van der Waals surface area contributed by atoms with E-state index in [1.165, 1.54) is 12.1 Å². The third-order valence-electron chi connectivity index (χ3n) is 6.61. The average Bonchev–Trinajstić information content (AvgIpc) is 3.55. The molecule has 0 aliphatic rings. The van der Waals surface area contributed by atoms with Crippen LogP contribution in [0.25, 0.3) is 10.9 Å². The van der Waals surface area contributed by atoms with Gasteiger partial charge in [-0.25, -0.2) is 9.07 Å². The number of benzene rings is 2. The van der Waals surface area contributed by atoms with Crippen molar-refractivity contribution in [3.05, 3.63) is 111 Å². The average molecular weight is 501 g/mol. The summed E-state index contributed by atoms with van der Waals surface area (Å²) in [6.45, 7) is 7.34. The maximum atomic E-state index is 13.6. The summed E-state index contributed by atoms with van der Waals surface area (Å²) in [6, 6.07) is 16.0. The van der Waals surface area contributed by atoms with E-state index in [1.54, 1.807) is 23.1 Å². The van der Waals surface area contributed by atoms with E-state index < -0.39 is 0 Å². The number of furan rings is 1. The number of aryl methyl sites for hydroxylation is 2. The number of fused-ring (bicyclic) bond motifs is 1. The molecule has 0 aliphatic carbocycles. The van der Waals surface area contributed by atoms with Gasteiger partial charge in [-0.1, -0.05) is 30.7 Å². The maximum absolute atomic E-state index is 13.6. The lowest BCUT2D eigenvalue weighted by molar-refractivity contribution is 0.161. The molecule has 0 radical (unpaired) electrons. The van der Waals surface area contributed by atoms with Crippen LogP contribution in [0.15, 0.2) is 70.1 Å². The molecule has 9 heteroatoms. The quantitative estimate of drug-likeness (QED) is 0.304. The first kappa shape index (κ1) is 24.6. The summed E-state index contributed by atoms with van der Waals surface area (Å²) in [5, 5.41) is 13.5. The Morgan fingerprint density at radius 3 is 2.65 bits per heavy atom. The zero-order valence-corrected chi connectivity index (χ0v) is 21.1. The number of pyridine rings is 1. The number of hydrogen-bond acceptors (Lipinski definition) is 6. The highest BCUT2D eigenvalue weighted by Crippen LogP contribution is 2.27. The molecule has 5 rings (SSSR count). The summed E-state index contributed by atoms with van der Waals surface area (Å²) in [5.41, 5.74) is 4.45. The van der Waals surface area contributed by atoms with E-state index in [2.05, 4.69) is 44.5 Å². The van der Waals surface area contributed by atoms with Crippen molar-refractivity contribution in [2.24, 2.45) is 0 Å². The summed E-state index contributed by atoms with van der Waals surface area (Å²) < 4.78 is 20.8. The molecule has 0 unspecified atom stereocenters. The zero-order valence-electron chi connectivity index (χ0n) is 21.1. The molecule has 1 atom stereocenters. The molecule has 0 amide bonds. The van der Waals surface area contributed by atoms with Crippen molar-refractivity contribution >= 4 is 10.9 Å². The fourth-order valence-corrected chi connectivity index (χ4v) is 4.89. The lowest BCUT2D eigenvalue weighted by Crippen LogP contribution is -2.32. The van der Waals surface area contributed by atoms with E-state index in [1.807, 2.05) is 32.0 Å². The van der Waals surface area contributed by atoms with E-state index in [9.17, 15) is 9.18 Å². The Hall–Kier alpha value is -4.11. The van der Waals surface area contributed by atoms with Gasteiger partial charge in [-0.3, -0.25) is 9.69 Å². The molecule has 0 aliphatic heterocycles. The number of aromatic amines is 1. The van der Waals surface area contributed by atoms with E-state index in [0.29, 0.717) is 37.4 Å². The largest absolute Gasteiger partial charge is 0.467 e. The second-order valence-electron chi connectivity index (χ2n) is 9.40. The molecular formula is C28H29FN6O2. The Balaban J connectivity index is 1.54. The van der Waals surface area contributed by atoms with Crippen molar-refractivity contribution in [1.29, 1.82) is 0 Å².